The minimum Gasteiger partial charge on any atom is -0.384 e. The zero-order valence-electron chi connectivity index (χ0n) is 7.66. The third-order valence-electron chi connectivity index (χ3n) is 2.14. The van der Waals surface area contributed by atoms with E-state index in [2.05, 4.69) is 9.97 Å². The normalized spacial score (nSPS) is 22.1. The molecule has 1 aliphatic rings. The fourth-order valence-corrected chi connectivity index (χ4v) is 1.59. The Labute approximate surface area is 77.1 Å². The molecule has 0 saturated carbocycles. The second kappa shape index (κ2) is 3.30. The minimum absolute atomic E-state index is 0.129. The van der Waals surface area contributed by atoms with Crippen molar-refractivity contribution in [2.45, 2.75) is 25.9 Å². The lowest BCUT2D eigenvalue weighted by Gasteiger charge is -2.09. The van der Waals surface area contributed by atoms with Crippen molar-refractivity contribution in [3.63, 3.8) is 0 Å². The predicted octanol–water partition coefficient (Wildman–Crippen LogP) is 1.22. The zero-order chi connectivity index (χ0) is 9.26. The number of aryl methyl sites for hydroxylation is 1. The van der Waals surface area contributed by atoms with Crippen molar-refractivity contribution in [1.82, 2.24) is 9.97 Å². The van der Waals surface area contributed by atoms with E-state index in [4.69, 9.17) is 10.5 Å². The number of anilines is 1. The Balaban J connectivity index is 2.28. The molecule has 4 heteroatoms. The highest BCUT2D eigenvalue weighted by molar-refractivity contribution is 5.30. The van der Waals surface area contributed by atoms with Crippen LogP contribution in [0.3, 0.4) is 0 Å². The summed E-state index contributed by atoms with van der Waals surface area (Å²) in [6.45, 7) is 2.67. The van der Waals surface area contributed by atoms with Gasteiger partial charge in [0.05, 0.1) is 11.8 Å². The molecular formula is C9H13N3O. The largest absolute Gasteiger partial charge is 0.384 e. The van der Waals surface area contributed by atoms with E-state index in [-0.39, 0.29) is 6.10 Å². The van der Waals surface area contributed by atoms with Crippen LogP contribution in [0.2, 0.25) is 0 Å². The van der Waals surface area contributed by atoms with E-state index in [1.165, 1.54) is 0 Å². The Bertz CT molecular complexity index is 287. The third-order valence-corrected chi connectivity index (χ3v) is 2.14. The molecule has 70 valence electrons. The first-order valence-corrected chi connectivity index (χ1v) is 4.48. The van der Waals surface area contributed by atoms with Gasteiger partial charge in [0, 0.05) is 12.7 Å². The van der Waals surface area contributed by atoms with Gasteiger partial charge in [-0.25, -0.2) is 9.97 Å². The summed E-state index contributed by atoms with van der Waals surface area (Å²) in [4.78, 5) is 8.32. The summed E-state index contributed by atoms with van der Waals surface area (Å²) in [7, 11) is 0. The molecule has 13 heavy (non-hydrogen) atoms. The van der Waals surface area contributed by atoms with Crippen molar-refractivity contribution in [2.75, 3.05) is 12.3 Å². The van der Waals surface area contributed by atoms with Gasteiger partial charge < -0.3 is 10.5 Å². The smallest absolute Gasteiger partial charge is 0.128 e. The van der Waals surface area contributed by atoms with Crippen molar-refractivity contribution in [1.29, 1.82) is 0 Å². The lowest BCUT2D eigenvalue weighted by molar-refractivity contribution is 0.108. The molecule has 0 aliphatic carbocycles. The number of nitrogen functional groups attached to an aromatic ring is 1. The van der Waals surface area contributed by atoms with Gasteiger partial charge in [0.1, 0.15) is 11.6 Å². The van der Waals surface area contributed by atoms with Crippen molar-refractivity contribution in [2.24, 2.45) is 0 Å². The van der Waals surface area contributed by atoms with Gasteiger partial charge in [0.2, 0.25) is 0 Å². The second-order valence-corrected chi connectivity index (χ2v) is 3.27. The molecule has 1 aliphatic heterocycles. The van der Waals surface area contributed by atoms with Crippen LogP contribution in [0.1, 0.15) is 30.5 Å². The molecule has 1 fully saturated rings. The van der Waals surface area contributed by atoms with Crippen molar-refractivity contribution < 1.29 is 4.74 Å². The standard InChI is InChI=1S/C9H13N3O/c1-6-11-7(5-9(10)12-6)8-3-2-4-13-8/h5,8H,2-4H2,1H3,(H2,10,11,12)/t8-/m1/s1. The maximum absolute atomic E-state index is 5.62. The van der Waals surface area contributed by atoms with Gasteiger partial charge in [-0.05, 0) is 19.8 Å². The number of rotatable bonds is 1. The van der Waals surface area contributed by atoms with E-state index in [9.17, 15) is 0 Å². The van der Waals surface area contributed by atoms with Gasteiger partial charge in [0.15, 0.2) is 0 Å². The summed E-state index contributed by atoms with van der Waals surface area (Å²) in [5.41, 5.74) is 6.54. The lowest BCUT2D eigenvalue weighted by atomic mass is 10.2. The molecule has 4 nitrogen and oxygen atoms in total. The van der Waals surface area contributed by atoms with Crippen LogP contribution < -0.4 is 5.73 Å². The molecule has 1 atom stereocenters. The van der Waals surface area contributed by atoms with Crippen LogP contribution in [-0.4, -0.2) is 16.6 Å². The quantitative estimate of drug-likeness (QED) is 0.704. The molecule has 0 radical (unpaired) electrons. The van der Waals surface area contributed by atoms with E-state index in [0.717, 1.165) is 25.1 Å². The number of nitrogens with zero attached hydrogens (tertiary/aromatic N) is 2. The first kappa shape index (κ1) is 8.44. The highest BCUT2D eigenvalue weighted by Crippen LogP contribution is 2.27. The van der Waals surface area contributed by atoms with Gasteiger partial charge in [-0.15, -0.1) is 0 Å². The van der Waals surface area contributed by atoms with Crippen molar-refractivity contribution in [3.05, 3.63) is 17.6 Å². The van der Waals surface area contributed by atoms with E-state index >= 15 is 0 Å². The van der Waals surface area contributed by atoms with Crippen LogP contribution in [0.25, 0.3) is 0 Å². The van der Waals surface area contributed by atoms with Gasteiger partial charge in [-0.2, -0.15) is 0 Å². The van der Waals surface area contributed by atoms with Gasteiger partial charge in [0.25, 0.3) is 0 Å². The van der Waals surface area contributed by atoms with Crippen LogP contribution in [0.5, 0.6) is 0 Å². The average molecular weight is 179 g/mol. The van der Waals surface area contributed by atoms with E-state index in [1.807, 2.05) is 6.92 Å². The van der Waals surface area contributed by atoms with Crippen molar-refractivity contribution in [3.8, 4) is 0 Å². The highest BCUT2D eigenvalue weighted by Gasteiger charge is 2.19. The summed E-state index contributed by atoms with van der Waals surface area (Å²) < 4.78 is 5.50. The van der Waals surface area contributed by atoms with E-state index < -0.39 is 0 Å². The summed E-state index contributed by atoms with van der Waals surface area (Å²) in [5.74, 6) is 1.24. The number of nitrogens with two attached hydrogens (primary N) is 1. The highest BCUT2D eigenvalue weighted by atomic mass is 16.5. The molecular weight excluding hydrogens is 166 g/mol. The number of hydrogen-bond donors (Lipinski definition) is 1. The summed E-state index contributed by atoms with van der Waals surface area (Å²) in [6, 6.07) is 1.79. The zero-order valence-corrected chi connectivity index (χ0v) is 7.66. The average Bonchev–Trinajstić information content (AvgIpc) is 2.53. The van der Waals surface area contributed by atoms with E-state index in [0.29, 0.717) is 11.6 Å². The minimum atomic E-state index is 0.129. The van der Waals surface area contributed by atoms with Gasteiger partial charge in [-0.3, -0.25) is 0 Å². The van der Waals surface area contributed by atoms with Crippen molar-refractivity contribution >= 4 is 5.82 Å². The topological polar surface area (TPSA) is 61.0 Å². The fraction of sp³-hybridized carbons (Fsp3) is 0.556. The predicted molar refractivity (Wildman–Crippen MR) is 49.1 cm³/mol. The second-order valence-electron chi connectivity index (χ2n) is 3.27. The molecule has 1 aromatic rings. The van der Waals surface area contributed by atoms with Gasteiger partial charge in [-0.1, -0.05) is 0 Å². The molecule has 0 amide bonds. The summed E-state index contributed by atoms with van der Waals surface area (Å²) in [6.07, 6.45) is 2.27. The Hall–Kier alpha value is -1.16. The van der Waals surface area contributed by atoms with Gasteiger partial charge >= 0.3 is 0 Å². The molecule has 0 aromatic carbocycles. The molecule has 1 aromatic heterocycles. The third kappa shape index (κ3) is 1.78. The molecule has 0 spiro atoms. The van der Waals surface area contributed by atoms with Crippen LogP contribution in [-0.2, 0) is 4.74 Å². The number of ether oxygens (including phenoxy) is 1. The molecule has 0 bridgehead atoms. The number of aromatic nitrogens is 2. The fourth-order valence-electron chi connectivity index (χ4n) is 1.59. The SMILES string of the molecule is Cc1nc(N)cc([C@H]2CCCO2)n1. The molecule has 0 unspecified atom stereocenters. The molecule has 2 N–H and O–H groups in total. The molecule has 1 saturated heterocycles. The molecule has 2 heterocycles. The maximum atomic E-state index is 5.62. The Morgan fingerprint density at radius 2 is 2.38 bits per heavy atom. The molecule has 2 rings (SSSR count). The Kier molecular flexibility index (Phi) is 2.14. The monoisotopic (exact) mass is 179 g/mol. The lowest BCUT2D eigenvalue weighted by Crippen LogP contribution is -2.04. The first-order chi connectivity index (χ1) is 6.25. The Morgan fingerprint density at radius 1 is 1.54 bits per heavy atom. The van der Waals surface area contributed by atoms with Crippen LogP contribution >= 0.6 is 0 Å². The summed E-state index contributed by atoms with van der Waals surface area (Å²) >= 11 is 0. The van der Waals surface area contributed by atoms with E-state index in [1.54, 1.807) is 6.07 Å². The Morgan fingerprint density at radius 3 is 3.00 bits per heavy atom. The first-order valence-electron chi connectivity index (χ1n) is 4.48. The van der Waals surface area contributed by atoms with Crippen LogP contribution in [0, 0.1) is 6.92 Å². The van der Waals surface area contributed by atoms with Crippen LogP contribution in [0.4, 0.5) is 5.82 Å². The number of hydrogen-bond acceptors (Lipinski definition) is 4. The maximum Gasteiger partial charge on any atom is 0.128 e. The van der Waals surface area contributed by atoms with Crippen LogP contribution in [0.15, 0.2) is 6.07 Å². The summed E-state index contributed by atoms with van der Waals surface area (Å²) in [5, 5.41) is 0.